The van der Waals surface area contributed by atoms with Gasteiger partial charge in [0.05, 0.1) is 19.1 Å². The number of aliphatic hydroxyl groups excluding tert-OH is 1. The van der Waals surface area contributed by atoms with Crippen molar-refractivity contribution in [3.63, 3.8) is 0 Å². The Morgan fingerprint density at radius 2 is 1.51 bits per heavy atom. The highest BCUT2D eigenvalue weighted by molar-refractivity contribution is 5.95. The van der Waals surface area contributed by atoms with Crippen molar-refractivity contribution in [2.75, 3.05) is 6.61 Å². The van der Waals surface area contributed by atoms with Crippen LogP contribution in [0.15, 0.2) is 30.5 Å². The maximum absolute atomic E-state index is 13.0. The first kappa shape index (κ1) is 29.3. The zero-order valence-corrected chi connectivity index (χ0v) is 20.6. The fourth-order valence-corrected chi connectivity index (χ4v) is 3.74. The number of aliphatic hydroxyl groups is 1. The number of aliphatic carboxylic acids is 2. The third kappa shape index (κ3) is 8.58. The van der Waals surface area contributed by atoms with Crippen molar-refractivity contribution >= 4 is 40.6 Å². The molecular weight excluding hydrogens is 486 g/mol. The van der Waals surface area contributed by atoms with Crippen LogP contribution in [-0.4, -0.2) is 80.7 Å². The van der Waals surface area contributed by atoms with E-state index >= 15 is 0 Å². The van der Waals surface area contributed by atoms with Gasteiger partial charge >= 0.3 is 11.9 Å². The van der Waals surface area contributed by atoms with Gasteiger partial charge in [-0.05, 0) is 24.0 Å². The lowest BCUT2D eigenvalue weighted by atomic mass is 10.0. The van der Waals surface area contributed by atoms with Gasteiger partial charge in [-0.2, -0.15) is 0 Å². The van der Waals surface area contributed by atoms with Crippen LogP contribution in [0.4, 0.5) is 0 Å². The lowest BCUT2D eigenvalue weighted by Gasteiger charge is -2.24. The largest absolute Gasteiger partial charge is 0.481 e. The Morgan fingerprint density at radius 1 is 0.919 bits per heavy atom. The molecule has 1 heterocycles. The number of nitrogens with two attached hydrogens (primary N) is 1. The summed E-state index contributed by atoms with van der Waals surface area (Å²) in [4.78, 5) is 63.9. The number of hydrogen-bond donors (Lipinski definition) is 8. The number of fused-ring (bicyclic) bond motifs is 1. The van der Waals surface area contributed by atoms with Crippen LogP contribution in [0.25, 0.3) is 10.9 Å². The van der Waals surface area contributed by atoms with Crippen LogP contribution in [0.3, 0.4) is 0 Å². The molecule has 0 saturated heterocycles. The molecule has 0 aliphatic heterocycles. The molecule has 0 spiro atoms. The number of H-pyrrole nitrogens is 1. The Bertz CT molecular complexity index is 1130. The fourth-order valence-electron chi connectivity index (χ4n) is 3.74. The molecule has 4 atom stereocenters. The number of benzene rings is 1. The number of carbonyl (C=O) groups excluding carboxylic acids is 3. The quantitative estimate of drug-likeness (QED) is 0.154. The molecule has 2 aromatic rings. The molecule has 202 valence electrons. The van der Waals surface area contributed by atoms with E-state index in [1.807, 2.05) is 13.8 Å². The third-order valence-corrected chi connectivity index (χ3v) is 5.60. The summed E-state index contributed by atoms with van der Waals surface area (Å²) in [5.41, 5.74) is 7.22. The topological polar surface area (TPSA) is 224 Å². The van der Waals surface area contributed by atoms with E-state index in [9.17, 15) is 34.2 Å². The van der Waals surface area contributed by atoms with E-state index < -0.39 is 66.9 Å². The molecule has 0 fully saturated rings. The van der Waals surface area contributed by atoms with Gasteiger partial charge in [-0.15, -0.1) is 0 Å². The van der Waals surface area contributed by atoms with Crippen LogP contribution < -0.4 is 21.7 Å². The van der Waals surface area contributed by atoms with Crippen LogP contribution in [0, 0.1) is 5.92 Å². The van der Waals surface area contributed by atoms with Crippen molar-refractivity contribution < 1.29 is 39.3 Å². The Morgan fingerprint density at radius 3 is 2.11 bits per heavy atom. The number of hydrogen-bond acceptors (Lipinski definition) is 7. The van der Waals surface area contributed by atoms with E-state index in [1.165, 1.54) is 0 Å². The number of carboxylic acids is 2. The van der Waals surface area contributed by atoms with Crippen molar-refractivity contribution in [3.8, 4) is 0 Å². The SMILES string of the molecule is CC(C)CC(N)C(=O)NC(CO)C(=O)NC(Cc1c[nH]c2ccccc12)C(=O)NC(CC(=O)O)C(=O)O. The molecule has 2 rings (SSSR count). The van der Waals surface area contributed by atoms with Crippen molar-refractivity contribution in [3.05, 3.63) is 36.0 Å². The first-order valence-electron chi connectivity index (χ1n) is 11.7. The predicted molar refractivity (Wildman–Crippen MR) is 132 cm³/mol. The van der Waals surface area contributed by atoms with Gasteiger partial charge in [0.2, 0.25) is 17.7 Å². The average molecular weight is 520 g/mol. The van der Waals surface area contributed by atoms with E-state index in [4.69, 9.17) is 10.8 Å². The number of rotatable bonds is 14. The molecule has 0 aliphatic rings. The number of nitrogens with one attached hydrogen (secondary N) is 4. The Kier molecular flexibility index (Phi) is 10.6. The van der Waals surface area contributed by atoms with Crippen LogP contribution in [0.2, 0.25) is 0 Å². The van der Waals surface area contributed by atoms with Gasteiger partial charge in [-0.25, -0.2) is 4.79 Å². The molecule has 4 unspecified atom stereocenters. The van der Waals surface area contributed by atoms with E-state index in [0.717, 1.165) is 10.9 Å². The fraction of sp³-hybridized carbons (Fsp3) is 0.458. The summed E-state index contributed by atoms with van der Waals surface area (Å²) in [5.74, 6) is -5.41. The highest BCUT2D eigenvalue weighted by atomic mass is 16.4. The summed E-state index contributed by atoms with van der Waals surface area (Å²) in [7, 11) is 0. The number of carboxylic acid groups (broad SMARTS) is 2. The second-order valence-corrected chi connectivity index (χ2v) is 9.10. The molecule has 1 aromatic heterocycles. The standard InChI is InChI=1S/C24H33N5O8/c1-12(2)7-15(25)21(33)29-19(11-30)23(35)27-17(22(34)28-18(24(36)37)9-20(31)32)8-13-10-26-16-6-4-3-5-14(13)16/h3-6,10,12,15,17-19,26,30H,7-9,11,25H2,1-2H3,(H,27,35)(H,28,34)(H,29,33)(H,31,32)(H,36,37). The van der Waals surface area contributed by atoms with E-state index in [1.54, 1.807) is 30.5 Å². The Hall–Kier alpha value is -3.97. The molecule has 0 aliphatic carbocycles. The maximum Gasteiger partial charge on any atom is 0.326 e. The molecule has 9 N–H and O–H groups in total. The molecule has 13 heteroatoms. The molecule has 37 heavy (non-hydrogen) atoms. The molecule has 0 saturated carbocycles. The molecule has 3 amide bonds. The first-order valence-corrected chi connectivity index (χ1v) is 11.7. The summed E-state index contributed by atoms with van der Waals surface area (Å²) in [6.45, 7) is 2.95. The molecule has 1 aromatic carbocycles. The van der Waals surface area contributed by atoms with Gasteiger partial charge < -0.3 is 42.0 Å². The predicted octanol–water partition coefficient (Wildman–Crippen LogP) is -0.910. The smallest absolute Gasteiger partial charge is 0.326 e. The number of amides is 3. The molecular formula is C24H33N5O8. The van der Waals surface area contributed by atoms with Gasteiger partial charge in [-0.3, -0.25) is 19.2 Å². The Balaban J connectivity index is 2.26. The van der Waals surface area contributed by atoms with Gasteiger partial charge in [0, 0.05) is 23.5 Å². The van der Waals surface area contributed by atoms with Gasteiger partial charge in [0.15, 0.2) is 0 Å². The monoisotopic (exact) mass is 519 g/mol. The number of carbonyl (C=O) groups is 5. The first-order chi connectivity index (χ1) is 17.4. The van der Waals surface area contributed by atoms with E-state index in [2.05, 4.69) is 20.9 Å². The minimum absolute atomic E-state index is 0.0973. The third-order valence-electron chi connectivity index (χ3n) is 5.60. The number of aromatic nitrogens is 1. The second-order valence-electron chi connectivity index (χ2n) is 9.10. The highest BCUT2D eigenvalue weighted by Gasteiger charge is 2.31. The van der Waals surface area contributed by atoms with Crippen LogP contribution in [0.1, 0.15) is 32.3 Å². The minimum Gasteiger partial charge on any atom is -0.481 e. The van der Waals surface area contributed by atoms with E-state index in [-0.39, 0.29) is 12.3 Å². The summed E-state index contributed by atoms with van der Waals surface area (Å²) >= 11 is 0. The lowest BCUT2D eigenvalue weighted by Crippen LogP contribution is -2.58. The highest BCUT2D eigenvalue weighted by Crippen LogP contribution is 2.19. The second kappa shape index (κ2) is 13.4. The lowest BCUT2D eigenvalue weighted by molar-refractivity contribution is -0.147. The average Bonchev–Trinajstić information content (AvgIpc) is 3.23. The molecule has 13 nitrogen and oxygen atoms in total. The molecule has 0 radical (unpaired) electrons. The van der Waals surface area contributed by atoms with Crippen molar-refractivity contribution in [1.29, 1.82) is 0 Å². The summed E-state index contributed by atoms with van der Waals surface area (Å²) < 4.78 is 0. The van der Waals surface area contributed by atoms with Gasteiger partial charge in [0.1, 0.15) is 18.1 Å². The summed E-state index contributed by atoms with van der Waals surface area (Å²) in [5, 5.41) is 35.7. The van der Waals surface area contributed by atoms with Crippen molar-refractivity contribution in [1.82, 2.24) is 20.9 Å². The van der Waals surface area contributed by atoms with Crippen LogP contribution in [-0.2, 0) is 30.4 Å². The maximum atomic E-state index is 13.0. The summed E-state index contributed by atoms with van der Waals surface area (Å²) in [6, 6.07) is 1.71. The van der Waals surface area contributed by atoms with Crippen LogP contribution >= 0.6 is 0 Å². The van der Waals surface area contributed by atoms with Gasteiger partial charge in [-0.1, -0.05) is 32.0 Å². The van der Waals surface area contributed by atoms with Crippen molar-refractivity contribution in [2.45, 2.75) is 57.3 Å². The normalized spacial score (nSPS) is 14.4. The summed E-state index contributed by atoms with van der Waals surface area (Å²) in [6.07, 6.45) is 0.995. The Labute approximate surface area is 212 Å². The number of aromatic amines is 1. The van der Waals surface area contributed by atoms with Gasteiger partial charge in [0.25, 0.3) is 0 Å². The van der Waals surface area contributed by atoms with Crippen LogP contribution in [0.5, 0.6) is 0 Å². The zero-order valence-electron chi connectivity index (χ0n) is 20.6. The molecule has 0 bridgehead atoms. The van der Waals surface area contributed by atoms with E-state index in [0.29, 0.717) is 12.0 Å². The minimum atomic E-state index is -1.74. The number of para-hydroxylation sites is 1. The zero-order chi connectivity index (χ0) is 27.7. The van der Waals surface area contributed by atoms with Crippen molar-refractivity contribution in [2.24, 2.45) is 11.7 Å².